The van der Waals surface area contributed by atoms with E-state index in [1.165, 1.54) is 10.8 Å². The van der Waals surface area contributed by atoms with Gasteiger partial charge in [0.1, 0.15) is 0 Å². The Morgan fingerprint density at radius 2 is 1.50 bits per heavy atom. The Morgan fingerprint density at radius 1 is 0.955 bits per heavy atom. The van der Waals surface area contributed by atoms with E-state index in [4.69, 9.17) is 0 Å². The topological polar surface area (TPSA) is 29.1 Å². The zero-order valence-corrected chi connectivity index (χ0v) is 14.4. The molecule has 1 amide bonds. The number of benzene rings is 2. The second-order valence-electron chi connectivity index (χ2n) is 6.80. The summed E-state index contributed by atoms with van der Waals surface area (Å²) in [7, 11) is -1.69. The molecule has 1 aliphatic heterocycles. The van der Waals surface area contributed by atoms with Crippen LogP contribution in [0.15, 0.2) is 60.7 Å². The van der Waals surface area contributed by atoms with Crippen LogP contribution < -0.4 is 10.5 Å². The van der Waals surface area contributed by atoms with Crippen LogP contribution >= 0.6 is 0 Å². The van der Waals surface area contributed by atoms with Gasteiger partial charge in [-0.3, -0.25) is 4.79 Å². The van der Waals surface area contributed by atoms with E-state index >= 15 is 0 Å². The Bertz CT molecular complexity index is 654. The molecule has 1 N–H and O–H groups in total. The second kappa shape index (κ2) is 5.73. The van der Waals surface area contributed by atoms with E-state index in [9.17, 15) is 4.79 Å². The molecule has 0 bridgehead atoms. The lowest BCUT2D eigenvalue weighted by atomic mass is 9.83. The molecule has 1 fully saturated rings. The highest BCUT2D eigenvalue weighted by Crippen LogP contribution is 2.43. The van der Waals surface area contributed by atoms with Crippen LogP contribution in [-0.2, 0) is 4.79 Å². The van der Waals surface area contributed by atoms with Crippen molar-refractivity contribution in [1.82, 2.24) is 5.32 Å². The van der Waals surface area contributed by atoms with Gasteiger partial charge in [0.25, 0.3) is 0 Å². The van der Waals surface area contributed by atoms with Crippen molar-refractivity contribution in [1.29, 1.82) is 0 Å². The summed E-state index contributed by atoms with van der Waals surface area (Å²) in [5, 5.41) is 4.52. The molecule has 0 saturated carbocycles. The van der Waals surface area contributed by atoms with Crippen molar-refractivity contribution in [2.45, 2.75) is 31.6 Å². The Balaban J connectivity index is 1.87. The molecule has 3 heteroatoms. The normalized spacial score (nSPS) is 22.6. The Labute approximate surface area is 133 Å². The number of hydrogen-bond donors (Lipinski definition) is 1. The molecule has 114 valence electrons. The maximum Gasteiger partial charge on any atom is 0.226 e. The van der Waals surface area contributed by atoms with Crippen LogP contribution in [0.5, 0.6) is 0 Å². The average Bonchev–Trinajstić information content (AvgIpc) is 2.54. The first-order chi connectivity index (χ1) is 10.5. The SMILES string of the molecule is C[C@H]([C@@H]1C(=O)N[C@@H]1c1ccccc1)[Si](C)(C)c1ccccc1. The molecule has 0 unspecified atom stereocenters. The highest BCUT2D eigenvalue weighted by Gasteiger charge is 2.49. The summed E-state index contributed by atoms with van der Waals surface area (Å²) in [5.74, 6) is 0.294. The number of rotatable bonds is 4. The minimum absolute atomic E-state index is 0.0873. The molecule has 0 aliphatic carbocycles. The number of β-lactam (4-membered cyclic amide) rings is 1. The van der Waals surface area contributed by atoms with Gasteiger partial charge in [-0.2, -0.15) is 0 Å². The van der Waals surface area contributed by atoms with E-state index in [2.05, 4.69) is 67.8 Å². The minimum Gasteiger partial charge on any atom is -0.348 e. The molecule has 1 aliphatic rings. The van der Waals surface area contributed by atoms with Crippen LogP contribution in [0.1, 0.15) is 18.5 Å². The molecule has 0 radical (unpaired) electrons. The molecule has 3 atom stereocenters. The van der Waals surface area contributed by atoms with Crippen molar-refractivity contribution in [3.63, 3.8) is 0 Å². The highest BCUT2D eigenvalue weighted by molar-refractivity contribution is 6.91. The molecule has 2 aromatic rings. The summed E-state index contributed by atoms with van der Waals surface area (Å²) in [6.07, 6.45) is 0. The average molecular weight is 309 g/mol. The molecule has 3 rings (SSSR count). The van der Waals surface area contributed by atoms with E-state index in [-0.39, 0.29) is 17.9 Å². The van der Waals surface area contributed by atoms with E-state index in [1.807, 2.05) is 18.2 Å². The number of amides is 1. The molecule has 22 heavy (non-hydrogen) atoms. The maximum absolute atomic E-state index is 12.2. The summed E-state index contributed by atoms with van der Waals surface area (Å²) in [6.45, 7) is 7.01. The zero-order chi connectivity index (χ0) is 15.7. The van der Waals surface area contributed by atoms with E-state index in [1.54, 1.807) is 0 Å². The lowest BCUT2D eigenvalue weighted by Gasteiger charge is -2.45. The van der Waals surface area contributed by atoms with E-state index in [0.29, 0.717) is 5.54 Å². The quantitative estimate of drug-likeness (QED) is 0.680. The van der Waals surface area contributed by atoms with Crippen LogP contribution in [0.25, 0.3) is 0 Å². The minimum atomic E-state index is -1.69. The highest BCUT2D eigenvalue weighted by atomic mass is 28.3. The molecule has 1 saturated heterocycles. The Kier molecular flexibility index (Phi) is 3.91. The predicted molar refractivity (Wildman–Crippen MR) is 93.8 cm³/mol. The van der Waals surface area contributed by atoms with E-state index < -0.39 is 8.07 Å². The number of hydrogen-bond acceptors (Lipinski definition) is 1. The van der Waals surface area contributed by atoms with Crippen molar-refractivity contribution < 1.29 is 4.79 Å². The van der Waals surface area contributed by atoms with Gasteiger partial charge in [-0.1, -0.05) is 85.9 Å². The lowest BCUT2D eigenvalue weighted by Crippen LogP contribution is -2.59. The van der Waals surface area contributed by atoms with Crippen molar-refractivity contribution in [3.05, 3.63) is 66.2 Å². The van der Waals surface area contributed by atoms with Crippen LogP contribution in [-0.4, -0.2) is 14.0 Å². The first kappa shape index (κ1) is 15.0. The Morgan fingerprint density at radius 3 is 2.05 bits per heavy atom. The lowest BCUT2D eigenvalue weighted by molar-refractivity contribution is -0.135. The van der Waals surface area contributed by atoms with Crippen molar-refractivity contribution in [3.8, 4) is 0 Å². The van der Waals surface area contributed by atoms with Gasteiger partial charge in [0.15, 0.2) is 0 Å². The molecule has 0 spiro atoms. The predicted octanol–water partition coefficient (Wildman–Crippen LogP) is 3.48. The van der Waals surface area contributed by atoms with Gasteiger partial charge in [0, 0.05) is 0 Å². The van der Waals surface area contributed by atoms with Crippen LogP contribution in [0.4, 0.5) is 0 Å². The smallest absolute Gasteiger partial charge is 0.226 e. The van der Waals surface area contributed by atoms with Gasteiger partial charge < -0.3 is 5.32 Å². The van der Waals surface area contributed by atoms with Crippen LogP contribution in [0.2, 0.25) is 18.6 Å². The molecule has 1 heterocycles. The molecular weight excluding hydrogens is 286 g/mol. The summed E-state index contributed by atoms with van der Waals surface area (Å²) >= 11 is 0. The zero-order valence-electron chi connectivity index (χ0n) is 13.4. The van der Waals surface area contributed by atoms with Crippen molar-refractivity contribution in [2.24, 2.45) is 5.92 Å². The summed E-state index contributed by atoms with van der Waals surface area (Å²) in [5.41, 5.74) is 1.62. The summed E-state index contributed by atoms with van der Waals surface area (Å²) in [4.78, 5) is 12.2. The molecule has 0 aromatic heterocycles. The third-order valence-corrected chi connectivity index (χ3v) is 9.77. The Hall–Kier alpha value is -1.87. The van der Waals surface area contributed by atoms with Gasteiger partial charge >= 0.3 is 0 Å². The standard InChI is InChI=1S/C19H23NOSi/c1-14(22(2,3)16-12-8-5-9-13-16)17-18(20-19(17)21)15-10-6-4-7-11-15/h4-14,17-18H,1-3H3,(H,20,21)/t14-,17+,18-/m1/s1. The van der Waals surface area contributed by atoms with Gasteiger partial charge in [0.2, 0.25) is 5.91 Å². The van der Waals surface area contributed by atoms with Crippen molar-refractivity contribution in [2.75, 3.05) is 0 Å². The van der Waals surface area contributed by atoms with Crippen molar-refractivity contribution >= 4 is 19.2 Å². The first-order valence-corrected chi connectivity index (χ1v) is 11.0. The maximum atomic E-state index is 12.2. The van der Waals surface area contributed by atoms with Crippen LogP contribution in [0.3, 0.4) is 0 Å². The number of nitrogens with one attached hydrogen (secondary N) is 1. The number of carbonyl (C=O) groups excluding carboxylic acids is 1. The third kappa shape index (κ3) is 2.50. The second-order valence-corrected chi connectivity index (χ2v) is 11.7. The first-order valence-electron chi connectivity index (χ1n) is 7.92. The van der Waals surface area contributed by atoms with Gasteiger partial charge in [0.05, 0.1) is 20.0 Å². The van der Waals surface area contributed by atoms with E-state index in [0.717, 1.165) is 0 Å². The van der Waals surface area contributed by atoms with Crippen LogP contribution in [0, 0.1) is 5.92 Å². The molecule has 2 aromatic carbocycles. The fraction of sp³-hybridized carbons (Fsp3) is 0.316. The number of carbonyl (C=O) groups is 1. The fourth-order valence-electron chi connectivity index (χ4n) is 3.44. The summed E-state index contributed by atoms with van der Waals surface area (Å²) in [6, 6.07) is 21.2. The molecule has 2 nitrogen and oxygen atoms in total. The largest absolute Gasteiger partial charge is 0.348 e. The van der Waals surface area contributed by atoms with Gasteiger partial charge in [-0.25, -0.2) is 0 Å². The summed E-state index contributed by atoms with van der Waals surface area (Å²) < 4.78 is 0. The third-order valence-electron chi connectivity index (χ3n) is 5.31. The monoisotopic (exact) mass is 309 g/mol. The van der Waals surface area contributed by atoms with Gasteiger partial charge in [-0.05, 0) is 11.1 Å². The fourth-order valence-corrected chi connectivity index (χ4v) is 6.26. The van der Waals surface area contributed by atoms with Gasteiger partial charge in [-0.15, -0.1) is 0 Å². The molecular formula is C19H23NOSi.